The van der Waals surface area contributed by atoms with Crippen LogP contribution in [0.25, 0.3) is 11.0 Å². The standard InChI is InChI=1S/C23H33N5O4/c1-15-12-17-18(13-16(15)2)28(21(26-14-29)20(27-17)22(31)24-6)11-10-25-9-7-8-19(30)32-23(3,4)5/h12-14,25H,7-11H2,1-6H3,(H,24,31). The monoisotopic (exact) mass is 443 g/mol. The molecule has 0 aliphatic carbocycles. The second-order valence-corrected chi connectivity index (χ2v) is 8.61. The molecule has 2 amide bonds. The molecule has 2 rings (SSSR count). The van der Waals surface area contributed by atoms with Gasteiger partial charge in [0.1, 0.15) is 5.60 Å². The van der Waals surface area contributed by atoms with Gasteiger partial charge in [-0.3, -0.25) is 14.4 Å². The summed E-state index contributed by atoms with van der Waals surface area (Å²) in [4.78, 5) is 43.9. The molecule has 0 saturated heterocycles. The summed E-state index contributed by atoms with van der Waals surface area (Å²) < 4.78 is 7.14. The Kier molecular flexibility index (Phi) is 8.65. The summed E-state index contributed by atoms with van der Waals surface area (Å²) >= 11 is 0. The van der Waals surface area contributed by atoms with Gasteiger partial charge in [0.25, 0.3) is 5.91 Å². The highest BCUT2D eigenvalue weighted by Gasteiger charge is 2.17. The number of carbonyl (C=O) groups is 3. The van der Waals surface area contributed by atoms with Crippen LogP contribution in [0.1, 0.15) is 55.2 Å². The Morgan fingerprint density at radius 2 is 1.88 bits per heavy atom. The average Bonchev–Trinajstić information content (AvgIpc) is 2.70. The smallest absolute Gasteiger partial charge is 0.306 e. The van der Waals surface area contributed by atoms with E-state index in [4.69, 9.17) is 4.74 Å². The van der Waals surface area contributed by atoms with Crippen LogP contribution >= 0.6 is 0 Å². The summed E-state index contributed by atoms with van der Waals surface area (Å²) in [6, 6.07) is 3.91. The van der Waals surface area contributed by atoms with Crippen LogP contribution in [0.2, 0.25) is 0 Å². The van der Waals surface area contributed by atoms with Crippen LogP contribution < -0.4 is 16.1 Å². The van der Waals surface area contributed by atoms with E-state index in [0.717, 1.165) is 16.6 Å². The Balaban J connectivity index is 2.22. The molecule has 2 N–H and O–H groups in total. The third-order valence-corrected chi connectivity index (χ3v) is 4.87. The number of hydrogen-bond donors (Lipinski definition) is 2. The molecule has 9 heteroatoms. The number of hydrogen-bond acceptors (Lipinski definition) is 6. The molecule has 174 valence electrons. The maximum absolute atomic E-state index is 12.4. The van der Waals surface area contributed by atoms with Crippen molar-refractivity contribution >= 4 is 29.3 Å². The number of rotatable bonds is 9. The molecule has 2 aromatic rings. The van der Waals surface area contributed by atoms with Crippen LogP contribution in [0.4, 0.5) is 0 Å². The highest BCUT2D eigenvalue weighted by molar-refractivity contribution is 5.93. The topological polar surface area (TPSA) is 115 Å². The van der Waals surface area contributed by atoms with Crippen LogP contribution in [-0.4, -0.2) is 53.6 Å². The van der Waals surface area contributed by atoms with Gasteiger partial charge in [-0.05, 0) is 70.8 Å². The van der Waals surface area contributed by atoms with Gasteiger partial charge in [0.05, 0.1) is 11.0 Å². The fourth-order valence-corrected chi connectivity index (χ4v) is 3.25. The number of ether oxygens (including phenoxy) is 1. The van der Waals surface area contributed by atoms with Gasteiger partial charge in [0.15, 0.2) is 11.2 Å². The Labute approximate surface area is 188 Å². The van der Waals surface area contributed by atoms with Gasteiger partial charge < -0.3 is 19.9 Å². The number of amides is 2. The normalized spacial score (nSPS) is 12.1. The van der Waals surface area contributed by atoms with Crippen LogP contribution in [0, 0.1) is 13.8 Å². The van der Waals surface area contributed by atoms with Crippen LogP contribution in [-0.2, 0) is 20.9 Å². The lowest BCUT2D eigenvalue weighted by Gasteiger charge is -2.19. The van der Waals surface area contributed by atoms with Crippen LogP contribution in [0.15, 0.2) is 17.1 Å². The number of aryl methyl sites for hydroxylation is 2. The van der Waals surface area contributed by atoms with E-state index < -0.39 is 11.5 Å². The summed E-state index contributed by atoms with van der Waals surface area (Å²) in [7, 11) is 1.51. The molecular weight excluding hydrogens is 410 g/mol. The Morgan fingerprint density at radius 3 is 2.50 bits per heavy atom. The number of fused-ring (bicyclic) bond motifs is 1. The van der Waals surface area contributed by atoms with Gasteiger partial charge in [-0.15, -0.1) is 0 Å². The SMILES string of the molecule is CNC(=O)c1nc2cc(C)c(C)cc2n(CCNCCCC(=O)OC(C)(C)C)c1=NC=O. The second-order valence-electron chi connectivity index (χ2n) is 8.61. The Morgan fingerprint density at radius 1 is 1.19 bits per heavy atom. The first-order valence-electron chi connectivity index (χ1n) is 10.7. The molecule has 0 atom stereocenters. The lowest BCUT2D eigenvalue weighted by Crippen LogP contribution is -2.36. The Hall–Kier alpha value is -3.07. The zero-order valence-corrected chi connectivity index (χ0v) is 19.7. The predicted molar refractivity (Wildman–Crippen MR) is 122 cm³/mol. The lowest BCUT2D eigenvalue weighted by molar-refractivity contribution is -0.154. The van der Waals surface area contributed by atoms with E-state index in [9.17, 15) is 14.4 Å². The minimum Gasteiger partial charge on any atom is -0.460 e. The molecule has 0 bridgehead atoms. The van der Waals surface area contributed by atoms with E-state index in [2.05, 4.69) is 20.6 Å². The fraction of sp³-hybridized carbons (Fsp3) is 0.522. The van der Waals surface area contributed by atoms with Crippen molar-refractivity contribution in [2.45, 2.75) is 59.6 Å². The first-order chi connectivity index (χ1) is 15.1. The second kappa shape index (κ2) is 11.0. The Bertz CT molecular complexity index is 1070. The molecule has 9 nitrogen and oxygen atoms in total. The summed E-state index contributed by atoms with van der Waals surface area (Å²) in [5.74, 6) is -0.633. The summed E-state index contributed by atoms with van der Waals surface area (Å²) in [5.41, 5.74) is 3.40. The van der Waals surface area contributed by atoms with Gasteiger partial charge in [0, 0.05) is 26.6 Å². The number of aromatic nitrogens is 2. The molecule has 0 aliphatic heterocycles. The van der Waals surface area contributed by atoms with Crippen molar-refractivity contribution < 1.29 is 19.1 Å². The van der Waals surface area contributed by atoms with Gasteiger partial charge in [-0.1, -0.05) is 0 Å². The molecule has 0 aliphatic rings. The van der Waals surface area contributed by atoms with Gasteiger partial charge >= 0.3 is 5.97 Å². The number of carbonyl (C=O) groups excluding carboxylic acids is 3. The van der Waals surface area contributed by atoms with Gasteiger partial charge in [-0.2, -0.15) is 4.99 Å². The van der Waals surface area contributed by atoms with Crippen molar-refractivity contribution in [3.05, 3.63) is 34.4 Å². The van der Waals surface area contributed by atoms with E-state index in [1.807, 2.05) is 51.3 Å². The van der Waals surface area contributed by atoms with Crippen molar-refractivity contribution in [1.82, 2.24) is 20.2 Å². The zero-order chi connectivity index (χ0) is 23.9. The quantitative estimate of drug-likeness (QED) is 0.347. The molecule has 0 fully saturated rings. The molecule has 1 heterocycles. The average molecular weight is 444 g/mol. The summed E-state index contributed by atoms with van der Waals surface area (Å²) in [5, 5.41) is 5.85. The van der Waals surface area contributed by atoms with Crippen LogP contribution in [0.5, 0.6) is 0 Å². The summed E-state index contributed by atoms with van der Waals surface area (Å²) in [6.45, 7) is 11.2. The highest BCUT2D eigenvalue weighted by Crippen LogP contribution is 2.17. The largest absolute Gasteiger partial charge is 0.460 e. The fourth-order valence-electron chi connectivity index (χ4n) is 3.25. The molecule has 0 spiro atoms. The van der Waals surface area contributed by atoms with E-state index in [1.165, 1.54) is 7.05 Å². The number of nitrogens with one attached hydrogen (secondary N) is 2. The molecule has 0 unspecified atom stereocenters. The number of nitrogens with zero attached hydrogens (tertiary/aromatic N) is 3. The van der Waals surface area contributed by atoms with E-state index in [1.54, 1.807) is 0 Å². The summed E-state index contributed by atoms with van der Waals surface area (Å²) in [6.07, 6.45) is 1.39. The first kappa shape index (κ1) is 25.2. The molecule has 0 saturated carbocycles. The van der Waals surface area contributed by atoms with E-state index in [-0.39, 0.29) is 17.2 Å². The van der Waals surface area contributed by atoms with Crippen LogP contribution in [0.3, 0.4) is 0 Å². The minimum atomic E-state index is -0.485. The molecular formula is C23H33N5O4. The first-order valence-corrected chi connectivity index (χ1v) is 10.7. The molecule has 32 heavy (non-hydrogen) atoms. The predicted octanol–water partition coefficient (Wildman–Crippen LogP) is 1.78. The van der Waals surface area contributed by atoms with Crippen molar-refractivity contribution in [1.29, 1.82) is 0 Å². The van der Waals surface area contributed by atoms with Crippen molar-refractivity contribution in [2.24, 2.45) is 4.99 Å². The number of esters is 1. The van der Waals surface area contributed by atoms with Gasteiger partial charge in [-0.25, -0.2) is 4.98 Å². The highest BCUT2D eigenvalue weighted by atomic mass is 16.6. The molecule has 0 radical (unpaired) electrons. The third kappa shape index (κ3) is 6.71. The number of benzene rings is 1. The maximum Gasteiger partial charge on any atom is 0.306 e. The lowest BCUT2D eigenvalue weighted by atomic mass is 10.1. The van der Waals surface area contributed by atoms with Crippen molar-refractivity contribution in [3.8, 4) is 0 Å². The molecule has 1 aromatic heterocycles. The van der Waals surface area contributed by atoms with E-state index in [0.29, 0.717) is 44.4 Å². The van der Waals surface area contributed by atoms with E-state index >= 15 is 0 Å². The maximum atomic E-state index is 12.4. The van der Waals surface area contributed by atoms with Gasteiger partial charge in [0.2, 0.25) is 6.41 Å². The van der Waals surface area contributed by atoms with Crippen molar-refractivity contribution in [2.75, 3.05) is 20.1 Å². The van der Waals surface area contributed by atoms with Crippen molar-refractivity contribution in [3.63, 3.8) is 0 Å². The zero-order valence-electron chi connectivity index (χ0n) is 19.7. The molecule has 1 aromatic carbocycles. The minimum absolute atomic E-state index is 0.0975. The third-order valence-electron chi connectivity index (χ3n) is 4.87.